The van der Waals surface area contributed by atoms with E-state index in [0.29, 0.717) is 35.2 Å². The number of carbonyl (C=O) groups excluding carboxylic acids is 2. The smallest absolute Gasteiger partial charge is 0.243 e. The van der Waals surface area contributed by atoms with Crippen molar-refractivity contribution in [3.8, 4) is 0 Å². The number of hydrogen-bond acceptors (Lipinski definition) is 3. The molecule has 0 bridgehead atoms. The summed E-state index contributed by atoms with van der Waals surface area (Å²) >= 11 is 13.8. The zero-order valence-electron chi connectivity index (χ0n) is 18.5. The van der Waals surface area contributed by atoms with Gasteiger partial charge in [-0.25, -0.2) is 0 Å². The Morgan fingerprint density at radius 1 is 1.06 bits per heavy atom. The van der Waals surface area contributed by atoms with Gasteiger partial charge in [-0.05, 0) is 57.0 Å². The Morgan fingerprint density at radius 2 is 1.74 bits per heavy atom. The van der Waals surface area contributed by atoms with Crippen molar-refractivity contribution < 1.29 is 9.59 Å². The van der Waals surface area contributed by atoms with E-state index in [1.807, 2.05) is 64.1 Å². The van der Waals surface area contributed by atoms with Crippen molar-refractivity contribution in [2.75, 3.05) is 5.75 Å². The van der Waals surface area contributed by atoms with Crippen LogP contribution in [0.3, 0.4) is 0 Å². The second-order valence-corrected chi connectivity index (χ2v) is 10.3. The van der Waals surface area contributed by atoms with Gasteiger partial charge >= 0.3 is 0 Å². The summed E-state index contributed by atoms with van der Waals surface area (Å²) in [6, 6.07) is 14.7. The summed E-state index contributed by atoms with van der Waals surface area (Å²) in [7, 11) is 0. The Balaban J connectivity index is 2.19. The Kier molecular flexibility index (Phi) is 9.73. The summed E-state index contributed by atoms with van der Waals surface area (Å²) in [6.07, 6.45) is 0.848. The highest BCUT2D eigenvalue weighted by Gasteiger charge is 2.30. The molecule has 2 aromatic rings. The van der Waals surface area contributed by atoms with Crippen molar-refractivity contribution in [3.05, 3.63) is 64.1 Å². The van der Waals surface area contributed by atoms with E-state index < -0.39 is 6.04 Å². The van der Waals surface area contributed by atoms with Crippen molar-refractivity contribution in [3.63, 3.8) is 0 Å². The van der Waals surface area contributed by atoms with Crippen LogP contribution in [0.1, 0.15) is 46.1 Å². The van der Waals surface area contributed by atoms with E-state index in [1.54, 1.807) is 28.8 Å². The first-order valence-electron chi connectivity index (χ1n) is 10.3. The first-order valence-corrected chi connectivity index (χ1v) is 12.1. The number of nitrogens with zero attached hydrogens (tertiary/aromatic N) is 1. The molecule has 4 nitrogen and oxygen atoms in total. The minimum absolute atomic E-state index is 0.0644. The molecule has 0 saturated heterocycles. The molecule has 0 aliphatic carbocycles. The van der Waals surface area contributed by atoms with Gasteiger partial charge in [0.15, 0.2) is 0 Å². The Labute approximate surface area is 199 Å². The second kappa shape index (κ2) is 11.8. The van der Waals surface area contributed by atoms with Crippen LogP contribution in [-0.2, 0) is 16.1 Å². The van der Waals surface area contributed by atoms with Gasteiger partial charge in [-0.2, -0.15) is 0 Å². The number of carbonyl (C=O) groups is 2. The number of benzene rings is 2. The standard InChI is InChI=1S/C24H30Cl2N2O2S/c1-5-21(23(30)27-24(2,3)4)28(16-17-11-12-19(25)20(26)15-17)22(29)13-14-31-18-9-7-6-8-10-18/h6-12,15,21H,5,13-14,16H2,1-4H3,(H,27,30). The van der Waals surface area contributed by atoms with Crippen LogP contribution in [0.15, 0.2) is 53.4 Å². The van der Waals surface area contributed by atoms with E-state index in [9.17, 15) is 9.59 Å². The molecule has 7 heteroatoms. The van der Waals surface area contributed by atoms with Crippen molar-refractivity contribution in [1.82, 2.24) is 10.2 Å². The Bertz CT molecular complexity index is 885. The summed E-state index contributed by atoms with van der Waals surface area (Å²) in [5.74, 6) is 0.419. The Morgan fingerprint density at radius 3 is 2.32 bits per heavy atom. The van der Waals surface area contributed by atoms with Gasteiger partial charge in [-0.3, -0.25) is 9.59 Å². The molecule has 0 heterocycles. The predicted octanol–water partition coefficient (Wildman–Crippen LogP) is 6.20. The van der Waals surface area contributed by atoms with Crippen LogP contribution < -0.4 is 5.32 Å². The van der Waals surface area contributed by atoms with E-state index in [-0.39, 0.29) is 17.4 Å². The molecule has 1 unspecified atom stereocenters. The molecule has 0 fully saturated rings. The lowest BCUT2D eigenvalue weighted by Crippen LogP contribution is -2.53. The maximum atomic E-state index is 13.2. The highest BCUT2D eigenvalue weighted by atomic mass is 35.5. The number of thioether (sulfide) groups is 1. The van der Waals surface area contributed by atoms with E-state index in [4.69, 9.17) is 23.2 Å². The maximum Gasteiger partial charge on any atom is 0.243 e. The van der Waals surface area contributed by atoms with Gasteiger partial charge < -0.3 is 10.2 Å². The van der Waals surface area contributed by atoms with E-state index in [2.05, 4.69) is 5.32 Å². The van der Waals surface area contributed by atoms with Crippen LogP contribution in [0.4, 0.5) is 0 Å². The number of rotatable bonds is 9. The Hall–Kier alpha value is -1.69. The van der Waals surface area contributed by atoms with Crippen molar-refractivity contribution in [1.29, 1.82) is 0 Å². The van der Waals surface area contributed by atoms with Crippen molar-refractivity contribution >= 4 is 46.8 Å². The predicted molar refractivity (Wildman–Crippen MR) is 131 cm³/mol. The lowest BCUT2D eigenvalue weighted by atomic mass is 10.1. The number of nitrogens with one attached hydrogen (secondary N) is 1. The zero-order chi connectivity index (χ0) is 23.0. The summed E-state index contributed by atoms with van der Waals surface area (Å²) in [6.45, 7) is 8.00. The third-order valence-corrected chi connectivity index (χ3v) is 6.30. The van der Waals surface area contributed by atoms with Crippen LogP contribution in [0.25, 0.3) is 0 Å². The molecule has 2 amide bonds. The molecule has 0 radical (unpaired) electrons. The van der Waals surface area contributed by atoms with Gasteiger partial charge in [0.05, 0.1) is 10.0 Å². The van der Waals surface area contributed by atoms with Gasteiger partial charge in [0.1, 0.15) is 6.04 Å². The van der Waals surface area contributed by atoms with Crippen molar-refractivity contribution in [2.24, 2.45) is 0 Å². The van der Waals surface area contributed by atoms with Crippen molar-refractivity contribution in [2.45, 2.75) is 63.6 Å². The fraction of sp³-hybridized carbons (Fsp3) is 0.417. The molecule has 31 heavy (non-hydrogen) atoms. The average molecular weight is 481 g/mol. The molecule has 2 aromatic carbocycles. The minimum atomic E-state index is -0.567. The fourth-order valence-corrected chi connectivity index (χ4v) is 4.31. The van der Waals surface area contributed by atoms with E-state index in [1.165, 1.54) is 0 Å². The molecular formula is C24H30Cl2N2O2S. The first kappa shape index (κ1) is 25.6. The fourth-order valence-electron chi connectivity index (χ4n) is 3.12. The first-order chi connectivity index (χ1) is 14.6. The molecule has 1 N–H and O–H groups in total. The monoisotopic (exact) mass is 480 g/mol. The average Bonchev–Trinajstić information content (AvgIpc) is 2.70. The topological polar surface area (TPSA) is 49.4 Å². The normalized spacial score (nSPS) is 12.3. The molecule has 168 valence electrons. The van der Waals surface area contributed by atoms with Gasteiger partial charge in [-0.15, -0.1) is 11.8 Å². The quantitative estimate of drug-likeness (QED) is 0.434. The molecule has 0 aliphatic heterocycles. The lowest BCUT2D eigenvalue weighted by Gasteiger charge is -2.33. The largest absolute Gasteiger partial charge is 0.350 e. The van der Waals surface area contributed by atoms with Crippen LogP contribution in [0.2, 0.25) is 10.0 Å². The number of amides is 2. The molecule has 0 spiro atoms. The SMILES string of the molecule is CCC(C(=O)NC(C)(C)C)N(Cc1ccc(Cl)c(Cl)c1)C(=O)CCSc1ccccc1. The third-order valence-electron chi connectivity index (χ3n) is 4.55. The number of halogens is 2. The number of hydrogen-bond donors (Lipinski definition) is 1. The summed E-state index contributed by atoms with van der Waals surface area (Å²) in [4.78, 5) is 29.0. The van der Waals surface area contributed by atoms with E-state index in [0.717, 1.165) is 10.5 Å². The third kappa shape index (κ3) is 8.40. The van der Waals surface area contributed by atoms with Crippen LogP contribution in [-0.4, -0.2) is 34.0 Å². The molecule has 0 aromatic heterocycles. The van der Waals surface area contributed by atoms with Crippen LogP contribution >= 0.6 is 35.0 Å². The minimum Gasteiger partial charge on any atom is -0.350 e. The molecular weight excluding hydrogens is 451 g/mol. The van der Waals surface area contributed by atoms with Gasteiger partial charge in [0.2, 0.25) is 11.8 Å². The second-order valence-electron chi connectivity index (χ2n) is 8.34. The highest BCUT2D eigenvalue weighted by molar-refractivity contribution is 7.99. The van der Waals surface area contributed by atoms with Gasteiger partial charge in [-0.1, -0.05) is 54.4 Å². The molecule has 2 rings (SSSR count). The highest BCUT2D eigenvalue weighted by Crippen LogP contribution is 2.25. The summed E-state index contributed by atoms with van der Waals surface area (Å²) in [5, 5.41) is 3.90. The summed E-state index contributed by atoms with van der Waals surface area (Å²) < 4.78 is 0. The van der Waals surface area contributed by atoms with Gasteiger partial charge in [0.25, 0.3) is 0 Å². The van der Waals surface area contributed by atoms with Crippen LogP contribution in [0.5, 0.6) is 0 Å². The lowest BCUT2D eigenvalue weighted by molar-refractivity contribution is -0.141. The zero-order valence-corrected chi connectivity index (χ0v) is 20.8. The van der Waals surface area contributed by atoms with E-state index >= 15 is 0 Å². The van der Waals surface area contributed by atoms with Gasteiger partial charge in [0, 0.05) is 29.2 Å². The molecule has 1 atom stereocenters. The molecule has 0 aliphatic rings. The molecule has 0 saturated carbocycles. The van der Waals surface area contributed by atoms with Crippen LogP contribution in [0, 0.1) is 0 Å². The summed E-state index contributed by atoms with van der Waals surface area (Å²) in [5.41, 5.74) is 0.451. The maximum absolute atomic E-state index is 13.2.